The number of carbonyl (C=O) groups is 2. The highest BCUT2D eigenvalue weighted by Gasteiger charge is 2.35. The van der Waals surface area contributed by atoms with E-state index in [9.17, 15) is 9.59 Å². The summed E-state index contributed by atoms with van der Waals surface area (Å²) < 4.78 is 8.36. The summed E-state index contributed by atoms with van der Waals surface area (Å²) in [5, 5.41) is -0.263. The van der Waals surface area contributed by atoms with Gasteiger partial charge in [-0.1, -0.05) is 28.1 Å². The minimum Gasteiger partial charge on any atom is -0.495 e. The molecular weight excluding hydrogens is 644 g/mol. The number of halogens is 3. The number of amides is 2. The molecule has 2 amide bonds. The third kappa shape index (κ3) is 4.45. The molecule has 0 N–H and O–H groups in total. The minimum atomic E-state index is -0.282. The molecule has 0 bridgehead atoms. The highest BCUT2D eigenvalue weighted by molar-refractivity contribution is 14.1. The van der Waals surface area contributed by atoms with Crippen LogP contribution in [0.4, 0.5) is 4.79 Å². The lowest BCUT2D eigenvalue weighted by Gasteiger charge is -2.12. The number of rotatable bonds is 4. The summed E-state index contributed by atoms with van der Waals surface area (Å²) in [6, 6.07) is 11.5. The van der Waals surface area contributed by atoms with Crippen LogP contribution in [0.15, 0.2) is 45.8 Å². The van der Waals surface area contributed by atoms with Gasteiger partial charge in [0.25, 0.3) is 11.1 Å². The van der Waals surface area contributed by atoms with Crippen LogP contribution in [0.1, 0.15) is 11.1 Å². The fourth-order valence-corrected chi connectivity index (χ4v) is 5.88. The summed E-state index contributed by atoms with van der Waals surface area (Å²) >= 11 is 8.78. The molecule has 1 fully saturated rings. The van der Waals surface area contributed by atoms with Gasteiger partial charge in [-0.05, 0) is 92.8 Å². The van der Waals surface area contributed by atoms with E-state index in [1.54, 1.807) is 13.2 Å². The Balaban J connectivity index is 1.90. The van der Waals surface area contributed by atoms with Crippen LogP contribution in [0.5, 0.6) is 5.75 Å². The minimum absolute atomic E-state index is 0.252. The molecule has 0 saturated carbocycles. The van der Waals surface area contributed by atoms with Gasteiger partial charge < -0.3 is 4.74 Å². The molecule has 2 aromatic rings. The first kappa shape index (κ1) is 20.2. The van der Waals surface area contributed by atoms with Crippen molar-refractivity contribution in [3.63, 3.8) is 0 Å². The molecule has 1 aliphatic heterocycles. The number of thioether (sulfide) groups is 1. The van der Waals surface area contributed by atoms with Gasteiger partial charge in [0, 0.05) is 13.6 Å². The number of ether oxygens (including phenoxy) is 1. The van der Waals surface area contributed by atoms with Crippen LogP contribution in [-0.2, 0) is 11.3 Å². The van der Waals surface area contributed by atoms with Gasteiger partial charge in [-0.2, -0.15) is 0 Å². The Hall–Kier alpha value is -0.590. The monoisotopic (exact) mass is 655 g/mol. The van der Waals surface area contributed by atoms with E-state index < -0.39 is 0 Å². The fraction of sp³-hybridized carbons (Fsp3) is 0.111. The van der Waals surface area contributed by atoms with Crippen molar-refractivity contribution in [3.8, 4) is 5.75 Å². The van der Waals surface area contributed by atoms with Gasteiger partial charge in [-0.3, -0.25) is 14.5 Å². The predicted octanol–water partition coefficient (Wildman–Crippen LogP) is 5.90. The second kappa shape index (κ2) is 8.61. The second-order valence-corrected chi connectivity index (χ2v) is 9.72. The zero-order chi connectivity index (χ0) is 18.8. The first-order valence-electron chi connectivity index (χ1n) is 7.42. The number of hydrogen-bond donors (Lipinski definition) is 0. The van der Waals surface area contributed by atoms with Crippen molar-refractivity contribution < 1.29 is 14.3 Å². The highest BCUT2D eigenvalue weighted by Crippen LogP contribution is 2.36. The van der Waals surface area contributed by atoms with Crippen molar-refractivity contribution >= 4 is 90.1 Å². The van der Waals surface area contributed by atoms with Crippen LogP contribution in [0.25, 0.3) is 6.08 Å². The number of benzene rings is 2. The molecule has 0 aliphatic carbocycles. The molecule has 1 saturated heterocycles. The van der Waals surface area contributed by atoms with Crippen molar-refractivity contribution in [2.24, 2.45) is 0 Å². The molecule has 0 radical (unpaired) electrons. The van der Waals surface area contributed by atoms with Crippen molar-refractivity contribution in [1.82, 2.24) is 4.90 Å². The quantitative estimate of drug-likeness (QED) is 0.304. The van der Waals surface area contributed by atoms with Gasteiger partial charge in [-0.25, -0.2) is 0 Å². The summed E-state index contributed by atoms with van der Waals surface area (Å²) in [5.41, 5.74) is 1.68. The molecule has 3 rings (SSSR count). The van der Waals surface area contributed by atoms with Crippen molar-refractivity contribution in [3.05, 3.63) is 64.0 Å². The number of carbonyl (C=O) groups excluding carboxylic acids is 2. The van der Waals surface area contributed by atoms with Gasteiger partial charge in [0.2, 0.25) is 0 Å². The summed E-state index contributed by atoms with van der Waals surface area (Å²) in [7, 11) is 1.60. The summed E-state index contributed by atoms with van der Waals surface area (Å²) in [5.74, 6) is 0.417. The summed E-state index contributed by atoms with van der Waals surface area (Å²) in [6.07, 6.45) is 1.73. The average molecular weight is 656 g/mol. The van der Waals surface area contributed by atoms with E-state index in [-0.39, 0.29) is 17.7 Å². The van der Waals surface area contributed by atoms with Crippen LogP contribution in [0.3, 0.4) is 0 Å². The maximum atomic E-state index is 12.7. The lowest BCUT2D eigenvalue weighted by atomic mass is 10.1. The Morgan fingerprint density at radius 2 is 2.00 bits per heavy atom. The molecule has 1 heterocycles. The predicted molar refractivity (Wildman–Crippen MR) is 124 cm³/mol. The normalized spacial score (nSPS) is 15.8. The number of imide groups is 1. The topological polar surface area (TPSA) is 46.6 Å². The Kier molecular flexibility index (Phi) is 6.68. The van der Waals surface area contributed by atoms with Gasteiger partial charge in [0.05, 0.1) is 22.1 Å². The third-order valence-electron chi connectivity index (χ3n) is 3.63. The lowest BCUT2D eigenvalue weighted by Crippen LogP contribution is -2.27. The molecule has 2 aromatic carbocycles. The number of methoxy groups -OCH3 is 1. The summed E-state index contributed by atoms with van der Waals surface area (Å²) in [4.78, 5) is 26.8. The van der Waals surface area contributed by atoms with Gasteiger partial charge in [0.1, 0.15) is 5.75 Å². The largest absolute Gasteiger partial charge is 0.495 e. The number of nitrogens with zero attached hydrogens (tertiary/aromatic N) is 1. The molecule has 8 heteroatoms. The van der Waals surface area contributed by atoms with Crippen LogP contribution >= 0.6 is 72.9 Å². The molecule has 26 heavy (non-hydrogen) atoms. The van der Waals surface area contributed by atoms with E-state index in [1.807, 2.05) is 36.4 Å². The lowest BCUT2D eigenvalue weighted by molar-refractivity contribution is -0.123. The Labute approximate surface area is 191 Å². The average Bonchev–Trinajstić information content (AvgIpc) is 2.82. The molecule has 4 nitrogen and oxygen atoms in total. The van der Waals surface area contributed by atoms with Crippen LogP contribution in [0, 0.1) is 7.14 Å². The van der Waals surface area contributed by atoms with Gasteiger partial charge >= 0.3 is 0 Å². The Bertz CT molecular complexity index is 933. The maximum Gasteiger partial charge on any atom is 0.293 e. The standard InChI is InChI=1S/C18H12BrI2NO3S/c1-25-16-11(6-13(20)8-14(16)21)7-15-17(23)22(18(24)26-15)9-10-3-2-4-12(19)5-10/h2-8H,9H2,1H3/b15-7+. The Morgan fingerprint density at radius 3 is 2.69 bits per heavy atom. The summed E-state index contributed by atoms with van der Waals surface area (Å²) in [6.45, 7) is 0.252. The van der Waals surface area contributed by atoms with Crippen molar-refractivity contribution in [2.45, 2.75) is 6.54 Å². The van der Waals surface area contributed by atoms with E-state index in [2.05, 4.69) is 61.1 Å². The zero-order valence-corrected chi connectivity index (χ0v) is 20.2. The molecule has 0 atom stereocenters. The smallest absolute Gasteiger partial charge is 0.293 e. The highest BCUT2D eigenvalue weighted by atomic mass is 127. The molecule has 0 spiro atoms. The van der Waals surface area contributed by atoms with E-state index in [1.165, 1.54) is 4.90 Å². The zero-order valence-electron chi connectivity index (χ0n) is 13.5. The van der Waals surface area contributed by atoms with E-state index in [4.69, 9.17) is 4.74 Å². The van der Waals surface area contributed by atoms with Crippen molar-refractivity contribution in [1.29, 1.82) is 0 Å². The molecule has 0 unspecified atom stereocenters. The third-order valence-corrected chi connectivity index (χ3v) is 6.46. The van der Waals surface area contributed by atoms with E-state index in [0.29, 0.717) is 10.7 Å². The van der Waals surface area contributed by atoms with Crippen LogP contribution in [-0.4, -0.2) is 23.2 Å². The fourth-order valence-electron chi connectivity index (χ4n) is 2.50. The van der Waals surface area contributed by atoms with E-state index in [0.717, 1.165) is 34.5 Å². The number of hydrogen-bond acceptors (Lipinski definition) is 4. The van der Waals surface area contributed by atoms with Crippen LogP contribution in [0.2, 0.25) is 0 Å². The first-order chi connectivity index (χ1) is 12.4. The van der Waals surface area contributed by atoms with Crippen molar-refractivity contribution in [2.75, 3.05) is 7.11 Å². The molecule has 134 valence electrons. The maximum absolute atomic E-state index is 12.7. The molecule has 0 aromatic heterocycles. The Morgan fingerprint density at radius 1 is 1.23 bits per heavy atom. The second-order valence-electron chi connectivity index (χ2n) is 5.41. The van der Waals surface area contributed by atoms with Gasteiger partial charge in [-0.15, -0.1) is 0 Å². The van der Waals surface area contributed by atoms with Crippen LogP contribution < -0.4 is 4.74 Å². The van der Waals surface area contributed by atoms with E-state index >= 15 is 0 Å². The van der Waals surface area contributed by atoms with Gasteiger partial charge in [0.15, 0.2) is 0 Å². The molecule has 1 aliphatic rings. The SMILES string of the molecule is COc1c(I)cc(I)cc1/C=C1/SC(=O)N(Cc2cccc(Br)c2)C1=O. The molecular formula is C18H12BrI2NO3S. The first-order valence-corrected chi connectivity index (χ1v) is 11.2.